The van der Waals surface area contributed by atoms with E-state index in [4.69, 9.17) is 14.2 Å². The van der Waals surface area contributed by atoms with Crippen LogP contribution >= 0.6 is 0 Å². The number of β-lactam (4-membered cyclic amide) rings is 1. The maximum Gasteiger partial charge on any atom is 0.258 e. The van der Waals surface area contributed by atoms with Crippen molar-refractivity contribution in [1.29, 1.82) is 0 Å². The summed E-state index contributed by atoms with van der Waals surface area (Å²) < 4.78 is 15.9. The zero-order chi connectivity index (χ0) is 16.7. The van der Waals surface area contributed by atoms with Gasteiger partial charge in [-0.2, -0.15) is 0 Å². The van der Waals surface area contributed by atoms with Crippen LogP contribution in [0.25, 0.3) is 0 Å². The van der Waals surface area contributed by atoms with E-state index in [0.29, 0.717) is 5.92 Å². The molecule has 1 aromatic rings. The molecule has 3 fully saturated rings. The van der Waals surface area contributed by atoms with Crippen LogP contribution in [0.1, 0.15) is 25.7 Å². The molecule has 4 rings (SSSR count). The number of hydrogen-bond donors (Lipinski definition) is 0. The number of anilines is 1. The molecule has 2 saturated carbocycles. The summed E-state index contributed by atoms with van der Waals surface area (Å²) in [6.07, 6.45) is 4.94. The molecule has 130 valence electrons. The lowest BCUT2D eigenvalue weighted by Crippen LogP contribution is -2.67. The van der Waals surface area contributed by atoms with Gasteiger partial charge in [0.25, 0.3) is 5.91 Å². The number of carbonyl (C=O) groups is 1. The van der Waals surface area contributed by atoms with Crippen LogP contribution in [0.2, 0.25) is 0 Å². The number of carbonyl (C=O) groups excluding carboxylic acids is 1. The average molecular weight is 331 g/mol. The summed E-state index contributed by atoms with van der Waals surface area (Å²) in [5.74, 6) is 3.05. The summed E-state index contributed by atoms with van der Waals surface area (Å²) in [6.45, 7) is 0.171. The van der Waals surface area contributed by atoms with Crippen molar-refractivity contribution in [3.05, 3.63) is 24.3 Å². The van der Waals surface area contributed by atoms with Gasteiger partial charge in [-0.05, 0) is 48.4 Å². The van der Waals surface area contributed by atoms with Gasteiger partial charge in [0.15, 0.2) is 6.10 Å². The van der Waals surface area contributed by atoms with Crippen molar-refractivity contribution < 1.29 is 19.0 Å². The number of methoxy groups -OCH3 is 2. The van der Waals surface area contributed by atoms with Crippen LogP contribution in [-0.2, 0) is 14.3 Å². The molecule has 0 spiro atoms. The smallest absolute Gasteiger partial charge is 0.258 e. The van der Waals surface area contributed by atoms with Crippen LogP contribution in [0.4, 0.5) is 5.69 Å². The Balaban J connectivity index is 1.51. The molecule has 1 heterocycles. The fourth-order valence-corrected chi connectivity index (χ4v) is 4.29. The normalized spacial score (nSPS) is 32.2. The molecule has 0 radical (unpaired) electrons. The van der Waals surface area contributed by atoms with E-state index in [1.54, 1.807) is 14.2 Å². The number of nitrogens with zero attached hydrogens (tertiary/aromatic N) is 1. The molecule has 0 bridgehead atoms. The van der Waals surface area contributed by atoms with Crippen LogP contribution < -0.4 is 9.64 Å². The second-order valence-corrected chi connectivity index (χ2v) is 7.15. The third-order valence-corrected chi connectivity index (χ3v) is 5.89. The van der Waals surface area contributed by atoms with Crippen LogP contribution in [0, 0.1) is 17.8 Å². The molecule has 4 atom stereocenters. The first-order valence-corrected chi connectivity index (χ1v) is 8.82. The molecular formula is C19H25NO4. The molecule has 24 heavy (non-hydrogen) atoms. The highest BCUT2D eigenvalue weighted by molar-refractivity contribution is 6.05. The highest BCUT2D eigenvalue weighted by atomic mass is 16.7. The Hall–Kier alpha value is -1.59. The van der Waals surface area contributed by atoms with Gasteiger partial charge < -0.3 is 19.1 Å². The van der Waals surface area contributed by atoms with Crippen LogP contribution in [0.5, 0.6) is 5.75 Å². The summed E-state index contributed by atoms with van der Waals surface area (Å²) in [6, 6.07) is 7.86. The van der Waals surface area contributed by atoms with E-state index < -0.39 is 0 Å². The first-order valence-electron chi connectivity index (χ1n) is 8.82. The van der Waals surface area contributed by atoms with Crippen LogP contribution in [0.3, 0.4) is 0 Å². The van der Waals surface area contributed by atoms with Crippen molar-refractivity contribution in [2.24, 2.45) is 17.8 Å². The molecule has 0 N–H and O–H groups in total. The number of benzene rings is 1. The van der Waals surface area contributed by atoms with E-state index in [9.17, 15) is 4.79 Å². The monoisotopic (exact) mass is 331 g/mol. The number of amides is 1. The number of hydrogen-bond acceptors (Lipinski definition) is 4. The topological polar surface area (TPSA) is 48.0 Å². The van der Waals surface area contributed by atoms with Gasteiger partial charge in [0.2, 0.25) is 0 Å². The van der Waals surface area contributed by atoms with Crippen molar-refractivity contribution in [2.45, 2.75) is 37.8 Å². The third-order valence-electron chi connectivity index (χ3n) is 5.89. The van der Waals surface area contributed by atoms with Crippen LogP contribution in [0.15, 0.2) is 24.3 Å². The molecule has 1 aliphatic heterocycles. The first kappa shape index (κ1) is 15.9. The fraction of sp³-hybridized carbons (Fsp3) is 0.632. The molecule has 2 aliphatic carbocycles. The molecular weight excluding hydrogens is 306 g/mol. The Morgan fingerprint density at radius 1 is 1.12 bits per heavy atom. The minimum Gasteiger partial charge on any atom is -0.497 e. The standard InChI is InChI=1S/C19H25NO4/c1-22-11-24-18-17(16-10-15(16)12-4-3-5-12)20(19(18)21)13-6-8-14(23-2)9-7-13/h6-9,12,15-18H,3-5,10-11H2,1-2H3/t15?,16-,17?,18+/m0/s1. The van der Waals surface area contributed by atoms with Crippen molar-refractivity contribution in [3.63, 3.8) is 0 Å². The summed E-state index contributed by atoms with van der Waals surface area (Å²) in [4.78, 5) is 14.6. The summed E-state index contributed by atoms with van der Waals surface area (Å²) in [7, 11) is 3.24. The van der Waals surface area contributed by atoms with Gasteiger partial charge in [-0.15, -0.1) is 0 Å². The number of rotatable bonds is 7. The minimum absolute atomic E-state index is 0.0430. The second-order valence-electron chi connectivity index (χ2n) is 7.15. The fourth-order valence-electron chi connectivity index (χ4n) is 4.29. The van der Waals surface area contributed by atoms with Crippen molar-refractivity contribution in [1.82, 2.24) is 0 Å². The molecule has 0 aromatic heterocycles. The zero-order valence-corrected chi connectivity index (χ0v) is 14.3. The van der Waals surface area contributed by atoms with E-state index in [2.05, 4.69) is 0 Å². The Kier molecular flexibility index (Phi) is 4.22. The lowest BCUT2D eigenvalue weighted by atomic mass is 9.79. The van der Waals surface area contributed by atoms with Crippen LogP contribution in [-0.4, -0.2) is 39.1 Å². The van der Waals surface area contributed by atoms with Crippen molar-refractivity contribution in [3.8, 4) is 5.75 Å². The van der Waals surface area contributed by atoms with Gasteiger partial charge in [0.05, 0.1) is 13.2 Å². The molecule has 1 saturated heterocycles. The Labute approximate surface area is 142 Å². The SMILES string of the molecule is COCO[C@H]1C(=O)N(c2ccc(OC)cc2)C1[C@H]1CC1C1CCC1. The van der Waals surface area contributed by atoms with Gasteiger partial charge in [-0.25, -0.2) is 0 Å². The van der Waals surface area contributed by atoms with E-state index in [1.807, 2.05) is 29.2 Å². The predicted molar refractivity (Wildman–Crippen MR) is 90.0 cm³/mol. The Bertz CT molecular complexity index is 598. The highest BCUT2D eigenvalue weighted by Gasteiger charge is 2.61. The quantitative estimate of drug-likeness (QED) is 0.569. The summed E-state index contributed by atoms with van der Waals surface area (Å²) in [5, 5.41) is 0. The summed E-state index contributed by atoms with van der Waals surface area (Å²) in [5.41, 5.74) is 0.933. The molecule has 3 aliphatic rings. The van der Waals surface area contributed by atoms with Crippen molar-refractivity contribution >= 4 is 11.6 Å². The van der Waals surface area contributed by atoms with E-state index in [-0.39, 0.29) is 24.8 Å². The third kappa shape index (κ3) is 2.60. The predicted octanol–water partition coefficient (Wildman–Crippen LogP) is 2.84. The molecule has 5 nitrogen and oxygen atoms in total. The van der Waals surface area contributed by atoms with Gasteiger partial charge in [0.1, 0.15) is 12.5 Å². The second kappa shape index (κ2) is 6.37. The Morgan fingerprint density at radius 2 is 1.88 bits per heavy atom. The van der Waals surface area contributed by atoms with Gasteiger partial charge in [-0.1, -0.05) is 19.3 Å². The van der Waals surface area contributed by atoms with E-state index in [1.165, 1.54) is 25.7 Å². The molecule has 5 heteroatoms. The maximum atomic E-state index is 12.6. The van der Waals surface area contributed by atoms with E-state index >= 15 is 0 Å². The summed E-state index contributed by atoms with van der Waals surface area (Å²) >= 11 is 0. The number of ether oxygens (including phenoxy) is 3. The lowest BCUT2D eigenvalue weighted by Gasteiger charge is -2.47. The highest BCUT2D eigenvalue weighted by Crippen LogP contribution is 2.57. The lowest BCUT2D eigenvalue weighted by molar-refractivity contribution is -0.155. The van der Waals surface area contributed by atoms with E-state index in [0.717, 1.165) is 23.3 Å². The largest absolute Gasteiger partial charge is 0.497 e. The average Bonchev–Trinajstić information content (AvgIpc) is 3.30. The molecule has 1 amide bonds. The minimum atomic E-state index is -0.359. The first-order chi connectivity index (χ1) is 11.7. The zero-order valence-electron chi connectivity index (χ0n) is 14.3. The Morgan fingerprint density at radius 3 is 2.46 bits per heavy atom. The van der Waals surface area contributed by atoms with Crippen molar-refractivity contribution in [2.75, 3.05) is 25.9 Å². The molecule has 1 aromatic carbocycles. The van der Waals surface area contributed by atoms with Gasteiger partial charge >= 0.3 is 0 Å². The van der Waals surface area contributed by atoms with Gasteiger partial charge in [-0.3, -0.25) is 4.79 Å². The molecule has 2 unspecified atom stereocenters. The maximum absolute atomic E-state index is 12.6. The van der Waals surface area contributed by atoms with Gasteiger partial charge in [0, 0.05) is 12.8 Å².